The Balaban J connectivity index is 1.93. The number of rotatable bonds is 5. The van der Waals surface area contributed by atoms with Crippen LogP contribution in [-0.2, 0) is 20.7 Å². The molecule has 1 aliphatic rings. The molecule has 0 radical (unpaired) electrons. The van der Waals surface area contributed by atoms with Crippen LogP contribution in [0.15, 0.2) is 4.52 Å². The molecule has 2 rings (SSSR count). The van der Waals surface area contributed by atoms with Crippen LogP contribution in [0.2, 0.25) is 0 Å². The van der Waals surface area contributed by atoms with E-state index in [9.17, 15) is 4.79 Å². The second kappa shape index (κ2) is 5.18. The second-order valence-electron chi connectivity index (χ2n) is 3.76. The highest BCUT2D eigenvalue weighted by Crippen LogP contribution is 2.22. The summed E-state index contributed by atoms with van der Waals surface area (Å²) < 4.78 is 15.0. The van der Waals surface area contributed by atoms with Gasteiger partial charge in [-0.2, -0.15) is 4.98 Å². The molecule has 88 valence electrons. The van der Waals surface area contributed by atoms with Gasteiger partial charge in [-0.05, 0) is 6.42 Å². The Morgan fingerprint density at radius 3 is 3.19 bits per heavy atom. The Kier molecular flexibility index (Phi) is 3.63. The van der Waals surface area contributed by atoms with Crippen LogP contribution in [0.3, 0.4) is 0 Å². The van der Waals surface area contributed by atoms with Gasteiger partial charge in [0.15, 0.2) is 11.6 Å². The molecule has 0 aliphatic carbocycles. The zero-order valence-electron chi connectivity index (χ0n) is 9.14. The predicted octanol–water partition coefficient (Wildman–Crippen LogP) is 0.332. The van der Waals surface area contributed by atoms with Crippen molar-refractivity contribution in [2.24, 2.45) is 0 Å². The molecule has 0 N–H and O–H groups in total. The number of hydrogen-bond donors (Lipinski definition) is 0. The average molecular weight is 226 g/mol. The number of carbonyl (C=O) groups is 1. The van der Waals surface area contributed by atoms with Crippen molar-refractivity contribution in [2.75, 3.05) is 26.9 Å². The normalized spacial score (nSPS) is 20.2. The number of Topliss-reactive ketones (excluding diaryl/α,β-unsaturated/α-hetero) is 1. The Bertz CT molecular complexity index is 357. The second-order valence-corrected chi connectivity index (χ2v) is 3.76. The molecule has 0 amide bonds. The molecule has 1 aromatic rings. The van der Waals surface area contributed by atoms with E-state index in [0.717, 1.165) is 13.0 Å². The highest BCUT2D eigenvalue weighted by molar-refractivity contribution is 5.81. The first-order chi connectivity index (χ1) is 7.79. The first-order valence-electron chi connectivity index (χ1n) is 5.20. The van der Waals surface area contributed by atoms with Gasteiger partial charge in [0.25, 0.3) is 0 Å². The maximum Gasteiger partial charge on any atom is 0.234 e. The molecule has 0 spiro atoms. The summed E-state index contributed by atoms with van der Waals surface area (Å²) in [7, 11) is 1.48. The monoisotopic (exact) mass is 226 g/mol. The summed E-state index contributed by atoms with van der Waals surface area (Å²) in [5.41, 5.74) is 0. The van der Waals surface area contributed by atoms with E-state index in [1.165, 1.54) is 7.11 Å². The fourth-order valence-corrected chi connectivity index (χ4v) is 1.62. The van der Waals surface area contributed by atoms with Crippen molar-refractivity contribution in [3.63, 3.8) is 0 Å². The largest absolute Gasteiger partial charge is 0.381 e. The molecule has 0 bridgehead atoms. The van der Waals surface area contributed by atoms with E-state index < -0.39 is 0 Å². The lowest BCUT2D eigenvalue weighted by molar-refractivity contribution is -0.122. The molecule has 16 heavy (non-hydrogen) atoms. The maximum absolute atomic E-state index is 11.3. The number of carbonyl (C=O) groups excluding carboxylic acids is 1. The smallest absolute Gasteiger partial charge is 0.234 e. The van der Waals surface area contributed by atoms with E-state index in [2.05, 4.69) is 10.1 Å². The summed E-state index contributed by atoms with van der Waals surface area (Å²) in [6, 6.07) is 0. The van der Waals surface area contributed by atoms with Gasteiger partial charge in [0, 0.05) is 19.6 Å². The minimum absolute atomic E-state index is 0.0691. The number of ether oxygens (including phenoxy) is 2. The molecule has 1 unspecified atom stereocenters. The molecule has 1 aromatic heterocycles. The van der Waals surface area contributed by atoms with Gasteiger partial charge < -0.3 is 14.0 Å². The Hall–Kier alpha value is -1.27. The summed E-state index contributed by atoms with van der Waals surface area (Å²) in [6.45, 7) is 1.44. The summed E-state index contributed by atoms with van der Waals surface area (Å²) in [6.07, 6.45) is 1.04. The lowest BCUT2D eigenvalue weighted by atomic mass is 10.1. The molecule has 2 heterocycles. The van der Waals surface area contributed by atoms with Gasteiger partial charge in [-0.15, -0.1) is 0 Å². The maximum atomic E-state index is 11.3. The molecule has 6 nitrogen and oxygen atoms in total. The SMILES string of the molecule is COCC(=O)Cc1nc(C2CCOC2)no1. The van der Waals surface area contributed by atoms with E-state index in [4.69, 9.17) is 14.0 Å². The lowest BCUT2D eigenvalue weighted by Crippen LogP contribution is -2.10. The number of ketones is 1. The predicted molar refractivity (Wildman–Crippen MR) is 53.1 cm³/mol. The molecule has 6 heteroatoms. The molecule has 1 saturated heterocycles. The van der Waals surface area contributed by atoms with Crippen LogP contribution in [-0.4, -0.2) is 42.9 Å². The summed E-state index contributed by atoms with van der Waals surface area (Å²) in [4.78, 5) is 15.4. The topological polar surface area (TPSA) is 74.5 Å². The third-order valence-corrected chi connectivity index (χ3v) is 2.43. The molecule has 1 fully saturated rings. The number of nitrogens with zero attached hydrogens (tertiary/aromatic N) is 2. The van der Waals surface area contributed by atoms with Crippen LogP contribution in [0, 0.1) is 0 Å². The standard InChI is InChI=1S/C10H14N2O4/c1-14-6-8(13)4-9-11-10(12-16-9)7-2-3-15-5-7/h7H,2-6H2,1H3. The summed E-state index contributed by atoms with van der Waals surface area (Å²) >= 11 is 0. The minimum atomic E-state index is -0.0691. The van der Waals surface area contributed by atoms with Crippen molar-refractivity contribution in [3.8, 4) is 0 Å². The highest BCUT2D eigenvalue weighted by Gasteiger charge is 2.23. The zero-order valence-corrected chi connectivity index (χ0v) is 9.14. The van der Waals surface area contributed by atoms with Gasteiger partial charge >= 0.3 is 0 Å². The lowest BCUT2D eigenvalue weighted by Gasteiger charge is -1.97. The van der Waals surface area contributed by atoms with Crippen LogP contribution in [0.1, 0.15) is 24.1 Å². The third kappa shape index (κ3) is 2.65. The van der Waals surface area contributed by atoms with Crippen molar-refractivity contribution in [1.82, 2.24) is 10.1 Å². The molecule has 1 aliphatic heterocycles. The van der Waals surface area contributed by atoms with Crippen LogP contribution >= 0.6 is 0 Å². The average Bonchev–Trinajstić information content (AvgIpc) is 2.86. The first kappa shape index (κ1) is 11.2. The number of aromatic nitrogens is 2. The van der Waals surface area contributed by atoms with Gasteiger partial charge in [-0.25, -0.2) is 0 Å². The van der Waals surface area contributed by atoms with Crippen molar-refractivity contribution >= 4 is 5.78 Å². The molecule has 1 atom stereocenters. The van der Waals surface area contributed by atoms with Crippen LogP contribution in [0.4, 0.5) is 0 Å². The molecular weight excluding hydrogens is 212 g/mol. The van der Waals surface area contributed by atoms with Gasteiger partial charge in [0.1, 0.15) is 6.61 Å². The van der Waals surface area contributed by atoms with Crippen molar-refractivity contribution in [1.29, 1.82) is 0 Å². The first-order valence-corrected chi connectivity index (χ1v) is 5.20. The van der Waals surface area contributed by atoms with E-state index in [1.807, 2.05) is 0 Å². The van der Waals surface area contributed by atoms with E-state index in [0.29, 0.717) is 18.3 Å². The number of methoxy groups -OCH3 is 1. The Labute approximate surface area is 92.9 Å². The third-order valence-electron chi connectivity index (χ3n) is 2.43. The van der Waals surface area contributed by atoms with Gasteiger partial charge in [0.2, 0.25) is 5.89 Å². The zero-order chi connectivity index (χ0) is 11.4. The van der Waals surface area contributed by atoms with Crippen molar-refractivity contribution in [2.45, 2.75) is 18.8 Å². The quantitative estimate of drug-likeness (QED) is 0.720. The summed E-state index contributed by atoms with van der Waals surface area (Å²) in [5.74, 6) is 1.12. The van der Waals surface area contributed by atoms with Gasteiger partial charge in [-0.1, -0.05) is 5.16 Å². The van der Waals surface area contributed by atoms with Crippen LogP contribution in [0.5, 0.6) is 0 Å². The molecule has 0 saturated carbocycles. The fourth-order valence-electron chi connectivity index (χ4n) is 1.62. The Morgan fingerprint density at radius 2 is 2.50 bits per heavy atom. The Morgan fingerprint density at radius 1 is 1.62 bits per heavy atom. The van der Waals surface area contributed by atoms with E-state index >= 15 is 0 Å². The van der Waals surface area contributed by atoms with Crippen LogP contribution in [0.25, 0.3) is 0 Å². The fraction of sp³-hybridized carbons (Fsp3) is 0.700. The number of hydrogen-bond acceptors (Lipinski definition) is 6. The van der Waals surface area contributed by atoms with Crippen molar-refractivity contribution in [3.05, 3.63) is 11.7 Å². The highest BCUT2D eigenvalue weighted by atomic mass is 16.5. The van der Waals surface area contributed by atoms with E-state index in [1.54, 1.807) is 0 Å². The van der Waals surface area contributed by atoms with Gasteiger partial charge in [0.05, 0.1) is 13.0 Å². The van der Waals surface area contributed by atoms with Crippen molar-refractivity contribution < 1.29 is 18.8 Å². The van der Waals surface area contributed by atoms with E-state index in [-0.39, 0.29) is 24.7 Å². The summed E-state index contributed by atoms with van der Waals surface area (Å²) in [5, 5.41) is 3.85. The molecular formula is C10H14N2O4. The van der Waals surface area contributed by atoms with Crippen LogP contribution < -0.4 is 0 Å². The molecule has 0 aromatic carbocycles. The minimum Gasteiger partial charge on any atom is -0.381 e. The van der Waals surface area contributed by atoms with Gasteiger partial charge in [-0.3, -0.25) is 4.79 Å².